The zero-order valence-electron chi connectivity index (χ0n) is 14.4. The van der Waals surface area contributed by atoms with Crippen LogP contribution in [0.1, 0.15) is 29.9 Å². The van der Waals surface area contributed by atoms with E-state index in [9.17, 15) is 23.1 Å². The van der Waals surface area contributed by atoms with E-state index < -0.39 is 27.4 Å². The van der Waals surface area contributed by atoms with E-state index in [0.29, 0.717) is 10.3 Å². The molecule has 1 fully saturated rings. The van der Waals surface area contributed by atoms with Gasteiger partial charge in [0, 0.05) is 17.8 Å². The summed E-state index contributed by atoms with van der Waals surface area (Å²) in [6.07, 6.45) is 0.273. The van der Waals surface area contributed by atoms with Gasteiger partial charge in [0.25, 0.3) is 0 Å². The average Bonchev–Trinajstić information content (AvgIpc) is 3.19. The second-order valence-electron chi connectivity index (χ2n) is 6.49. The number of fused-ring (bicyclic) bond motifs is 1. The molecular weight excluding hydrogens is 378 g/mol. The Morgan fingerprint density at radius 3 is 2.69 bits per heavy atom. The van der Waals surface area contributed by atoms with Gasteiger partial charge in [-0.15, -0.1) is 11.3 Å². The molecule has 0 bridgehead atoms. The predicted octanol–water partition coefficient (Wildman–Crippen LogP) is 2.56. The number of nitrogens with zero attached hydrogens (tertiary/aromatic N) is 1. The molecule has 1 aliphatic heterocycles. The first kappa shape index (κ1) is 18.8. The first-order valence-electron chi connectivity index (χ1n) is 8.11. The van der Waals surface area contributed by atoms with Gasteiger partial charge in [-0.05, 0) is 49.9 Å². The molecule has 1 aromatic carbocycles. The summed E-state index contributed by atoms with van der Waals surface area (Å²) >= 11 is 1.24. The molecule has 1 aromatic heterocycles. The summed E-state index contributed by atoms with van der Waals surface area (Å²) in [5, 5.41) is 9.94. The normalized spacial score (nSPS) is 21.2. The molecule has 3 rings (SSSR count). The number of carboxylic acids is 1. The summed E-state index contributed by atoms with van der Waals surface area (Å²) < 4.78 is 32.7. The number of thiophene rings is 1. The highest BCUT2D eigenvalue weighted by atomic mass is 32.2. The van der Waals surface area contributed by atoms with Crippen molar-refractivity contribution in [1.82, 2.24) is 4.31 Å². The fourth-order valence-electron chi connectivity index (χ4n) is 2.93. The van der Waals surface area contributed by atoms with Crippen molar-refractivity contribution >= 4 is 43.4 Å². The number of hydrogen-bond acceptors (Lipinski definition) is 6. The summed E-state index contributed by atoms with van der Waals surface area (Å²) in [6.45, 7) is 3.65. The van der Waals surface area contributed by atoms with Crippen LogP contribution in [0.3, 0.4) is 0 Å². The third kappa shape index (κ3) is 3.22. The first-order chi connectivity index (χ1) is 12.2. The molecule has 9 heteroatoms. The maximum absolute atomic E-state index is 12.9. The molecule has 0 saturated carbocycles. The SMILES string of the molecule is CCOC(=O)c1cc2cc(S(=O)(=O)N3CCC(C)(C(=O)O)C3)ccc2s1. The van der Waals surface area contributed by atoms with Gasteiger partial charge in [0.05, 0.1) is 16.9 Å². The van der Waals surface area contributed by atoms with Crippen LogP contribution in [-0.2, 0) is 19.6 Å². The smallest absolute Gasteiger partial charge is 0.348 e. The predicted molar refractivity (Wildman–Crippen MR) is 96.9 cm³/mol. The Hall–Kier alpha value is -1.97. The zero-order chi connectivity index (χ0) is 19.1. The molecule has 1 aliphatic rings. The number of benzene rings is 1. The lowest BCUT2D eigenvalue weighted by Crippen LogP contribution is -2.34. The topological polar surface area (TPSA) is 101 Å². The Kier molecular flexibility index (Phi) is 4.80. The van der Waals surface area contributed by atoms with Crippen molar-refractivity contribution in [3.63, 3.8) is 0 Å². The maximum atomic E-state index is 12.9. The number of sulfonamides is 1. The molecule has 0 radical (unpaired) electrons. The standard InChI is InChI=1S/C17H19NO6S2/c1-3-24-15(19)14-9-11-8-12(4-5-13(11)25-14)26(22,23)18-7-6-17(2,10-18)16(20)21/h4-5,8-9H,3,6-7,10H2,1-2H3,(H,20,21). The molecule has 1 atom stereocenters. The lowest BCUT2D eigenvalue weighted by Gasteiger charge is -2.20. The van der Waals surface area contributed by atoms with Gasteiger partial charge in [0.15, 0.2) is 0 Å². The number of rotatable bonds is 5. The van der Waals surface area contributed by atoms with Crippen molar-refractivity contribution in [3.8, 4) is 0 Å². The van der Waals surface area contributed by atoms with Crippen LogP contribution in [0, 0.1) is 5.41 Å². The quantitative estimate of drug-likeness (QED) is 0.778. The van der Waals surface area contributed by atoms with Gasteiger partial charge >= 0.3 is 11.9 Å². The van der Waals surface area contributed by atoms with Crippen LogP contribution in [-0.4, -0.2) is 49.5 Å². The van der Waals surface area contributed by atoms with Crippen LogP contribution in [0.4, 0.5) is 0 Å². The molecule has 2 aromatic rings. The molecule has 0 spiro atoms. The first-order valence-corrected chi connectivity index (χ1v) is 10.4. The summed E-state index contributed by atoms with van der Waals surface area (Å²) in [5.74, 6) is -1.43. The van der Waals surface area contributed by atoms with Gasteiger partial charge < -0.3 is 9.84 Å². The number of hydrogen-bond donors (Lipinski definition) is 1. The molecule has 2 heterocycles. The van der Waals surface area contributed by atoms with Gasteiger partial charge in [-0.1, -0.05) is 0 Å². The van der Waals surface area contributed by atoms with Crippen molar-refractivity contribution in [2.24, 2.45) is 5.41 Å². The van der Waals surface area contributed by atoms with Crippen LogP contribution in [0.15, 0.2) is 29.2 Å². The Morgan fingerprint density at radius 2 is 2.08 bits per heavy atom. The fraction of sp³-hybridized carbons (Fsp3) is 0.412. The lowest BCUT2D eigenvalue weighted by molar-refractivity contribution is -0.146. The molecule has 0 amide bonds. The molecule has 26 heavy (non-hydrogen) atoms. The minimum absolute atomic E-state index is 0.0551. The average molecular weight is 397 g/mol. The molecule has 0 aliphatic carbocycles. The van der Waals surface area contributed by atoms with E-state index in [1.165, 1.54) is 27.8 Å². The van der Waals surface area contributed by atoms with Crippen LogP contribution in [0.25, 0.3) is 10.1 Å². The lowest BCUT2D eigenvalue weighted by atomic mass is 9.90. The van der Waals surface area contributed by atoms with E-state index in [4.69, 9.17) is 4.74 Å². The van der Waals surface area contributed by atoms with Crippen molar-refractivity contribution < 1.29 is 27.9 Å². The molecule has 7 nitrogen and oxygen atoms in total. The summed E-state index contributed by atoms with van der Waals surface area (Å²) in [5.41, 5.74) is -1.07. The van der Waals surface area contributed by atoms with Gasteiger partial charge in [-0.25, -0.2) is 13.2 Å². The number of esters is 1. The van der Waals surface area contributed by atoms with E-state index in [1.54, 1.807) is 26.0 Å². The number of carbonyl (C=O) groups excluding carboxylic acids is 1. The molecule has 1 saturated heterocycles. The van der Waals surface area contributed by atoms with Crippen LogP contribution < -0.4 is 0 Å². The van der Waals surface area contributed by atoms with Crippen LogP contribution in [0.2, 0.25) is 0 Å². The van der Waals surface area contributed by atoms with E-state index >= 15 is 0 Å². The van der Waals surface area contributed by atoms with Crippen molar-refractivity contribution in [1.29, 1.82) is 0 Å². The highest BCUT2D eigenvalue weighted by Gasteiger charge is 2.44. The van der Waals surface area contributed by atoms with E-state index in [-0.39, 0.29) is 31.0 Å². The Morgan fingerprint density at radius 1 is 1.35 bits per heavy atom. The Balaban J connectivity index is 1.92. The second-order valence-corrected chi connectivity index (χ2v) is 9.51. The summed E-state index contributed by atoms with van der Waals surface area (Å²) in [7, 11) is -3.80. The molecular formula is C17H19NO6S2. The molecule has 1 N–H and O–H groups in total. The van der Waals surface area contributed by atoms with Crippen molar-refractivity contribution in [3.05, 3.63) is 29.1 Å². The van der Waals surface area contributed by atoms with Crippen molar-refractivity contribution in [2.45, 2.75) is 25.2 Å². The maximum Gasteiger partial charge on any atom is 0.348 e. The van der Waals surface area contributed by atoms with Crippen molar-refractivity contribution in [2.75, 3.05) is 19.7 Å². The Labute approximate surface area is 155 Å². The van der Waals surface area contributed by atoms with Gasteiger partial charge in [0.2, 0.25) is 10.0 Å². The highest BCUT2D eigenvalue weighted by molar-refractivity contribution is 7.89. The van der Waals surface area contributed by atoms with Gasteiger partial charge in [0.1, 0.15) is 4.88 Å². The van der Waals surface area contributed by atoms with Gasteiger partial charge in [-0.3, -0.25) is 4.79 Å². The monoisotopic (exact) mass is 397 g/mol. The summed E-state index contributed by atoms with van der Waals surface area (Å²) in [6, 6.07) is 6.27. The molecule has 140 valence electrons. The number of ether oxygens (including phenoxy) is 1. The van der Waals surface area contributed by atoms with Crippen LogP contribution >= 0.6 is 11.3 Å². The number of carbonyl (C=O) groups is 2. The fourth-order valence-corrected chi connectivity index (χ4v) is 5.47. The number of aliphatic carboxylic acids is 1. The Bertz CT molecular complexity index is 980. The highest BCUT2D eigenvalue weighted by Crippen LogP contribution is 2.35. The van der Waals surface area contributed by atoms with Crippen LogP contribution in [0.5, 0.6) is 0 Å². The number of carboxylic acid groups (broad SMARTS) is 1. The van der Waals surface area contributed by atoms with E-state index in [1.807, 2.05) is 0 Å². The summed E-state index contributed by atoms with van der Waals surface area (Å²) in [4.78, 5) is 23.7. The van der Waals surface area contributed by atoms with E-state index in [0.717, 1.165) is 4.70 Å². The third-order valence-corrected chi connectivity index (χ3v) is 7.49. The van der Waals surface area contributed by atoms with Gasteiger partial charge in [-0.2, -0.15) is 4.31 Å². The second kappa shape index (κ2) is 6.64. The third-order valence-electron chi connectivity index (χ3n) is 4.56. The zero-order valence-corrected chi connectivity index (χ0v) is 16.0. The minimum atomic E-state index is -3.80. The largest absolute Gasteiger partial charge is 0.481 e. The minimum Gasteiger partial charge on any atom is -0.481 e. The molecule has 1 unspecified atom stereocenters. The van der Waals surface area contributed by atoms with E-state index in [2.05, 4.69) is 0 Å².